The highest BCUT2D eigenvalue weighted by Crippen LogP contribution is 2.06. The first-order chi connectivity index (χ1) is 9.08. The van der Waals surface area contributed by atoms with Gasteiger partial charge in [0.1, 0.15) is 6.04 Å². The van der Waals surface area contributed by atoms with Crippen LogP contribution in [0, 0.1) is 0 Å². The zero-order valence-corrected chi connectivity index (χ0v) is 11.1. The van der Waals surface area contributed by atoms with Crippen LogP contribution in [-0.2, 0) is 11.2 Å². The maximum absolute atomic E-state index is 11.8. The summed E-state index contributed by atoms with van der Waals surface area (Å²) in [6, 6.07) is -1.15. The molecule has 0 aliphatic carbocycles. The number of carbonyl (C=O) groups excluding carboxylic acids is 2. The first-order valence-corrected chi connectivity index (χ1v) is 6.18. The number of nitrogens with one attached hydrogen (secondary N) is 2. The lowest BCUT2D eigenvalue weighted by Gasteiger charge is -2.11. The van der Waals surface area contributed by atoms with E-state index in [9.17, 15) is 9.59 Å². The normalized spacial score (nSPS) is 11.9. The summed E-state index contributed by atoms with van der Waals surface area (Å²) in [4.78, 5) is 23.0. The molecule has 1 unspecified atom stereocenters. The summed E-state index contributed by atoms with van der Waals surface area (Å²) in [6.07, 6.45) is 2.83. The number of aryl methyl sites for hydroxylation is 1. The van der Waals surface area contributed by atoms with Crippen molar-refractivity contribution in [3.63, 3.8) is 0 Å². The smallest absolute Gasteiger partial charge is 0.321 e. The Bertz CT molecular complexity index is 432. The van der Waals surface area contributed by atoms with Crippen LogP contribution in [0.4, 0.5) is 4.79 Å². The first kappa shape index (κ1) is 15.1. The average molecular weight is 269 g/mol. The lowest BCUT2D eigenvalue weighted by Crippen LogP contribution is -2.42. The lowest BCUT2D eigenvalue weighted by molar-refractivity contribution is -0.123. The Labute approximate surface area is 111 Å². The highest BCUT2D eigenvalue weighted by molar-refractivity contribution is 5.95. The number of urea groups is 1. The molecule has 0 bridgehead atoms. The van der Waals surface area contributed by atoms with E-state index in [1.165, 1.54) is 4.68 Å². The number of carbonyl (C=O) groups is 2. The van der Waals surface area contributed by atoms with Crippen molar-refractivity contribution in [1.82, 2.24) is 25.6 Å². The second-order valence-corrected chi connectivity index (χ2v) is 4.04. The number of aromatic nitrogens is 3. The number of nitrogens with zero attached hydrogens (tertiary/aromatic N) is 3. The second kappa shape index (κ2) is 7.47. The molecule has 19 heavy (non-hydrogen) atoms. The van der Waals surface area contributed by atoms with Crippen LogP contribution in [0.15, 0.2) is 6.20 Å². The highest BCUT2D eigenvalue weighted by Gasteiger charge is 2.18. The molecule has 0 aromatic carbocycles. The number of rotatable bonds is 6. The molecule has 106 valence electrons. The Morgan fingerprint density at radius 2 is 2.26 bits per heavy atom. The van der Waals surface area contributed by atoms with E-state index in [-0.39, 0.29) is 6.61 Å². The van der Waals surface area contributed by atoms with Crippen LogP contribution in [-0.4, -0.2) is 45.2 Å². The zero-order valence-electron chi connectivity index (χ0n) is 11.1. The monoisotopic (exact) mass is 269 g/mol. The fourth-order valence-electron chi connectivity index (χ4n) is 1.42. The topological polar surface area (TPSA) is 109 Å². The molecule has 0 aliphatic heterocycles. The Balaban J connectivity index is 2.56. The largest absolute Gasteiger partial charge is 0.396 e. The molecule has 1 atom stereocenters. The van der Waals surface area contributed by atoms with Crippen molar-refractivity contribution in [3.8, 4) is 0 Å². The molecule has 1 aromatic heterocycles. The summed E-state index contributed by atoms with van der Waals surface area (Å²) in [5, 5.41) is 21.1. The minimum absolute atomic E-state index is 0.0834. The van der Waals surface area contributed by atoms with Gasteiger partial charge in [-0.1, -0.05) is 5.21 Å². The summed E-state index contributed by atoms with van der Waals surface area (Å²) in [5.74, 6) is -0.454. The van der Waals surface area contributed by atoms with Crippen molar-refractivity contribution in [3.05, 3.63) is 11.9 Å². The van der Waals surface area contributed by atoms with E-state index in [1.54, 1.807) is 20.0 Å². The maximum atomic E-state index is 11.8. The molecule has 1 heterocycles. The summed E-state index contributed by atoms with van der Waals surface area (Å²) < 4.78 is 1.39. The van der Waals surface area contributed by atoms with Crippen LogP contribution >= 0.6 is 0 Å². The van der Waals surface area contributed by atoms with Crippen LogP contribution in [0.1, 0.15) is 32.0 Å². The number of aliphatic hydroxyl groups excluding tert-OH is 1. The van der Waals surface area contributed by atoms with Crippen LogP contribution in [0.3, 0.4) is 0 Å². The van der Waals surface area contributed by atoms with Crippen molar-refractivity contribution < 1.29 is 14.7 Å². The van der Waals surface area contributed by atoms with E-state index in [1.807, 2.05) is 0 Å². The molecule has 3 N–H and O–H groups in total. The van der Waals surface area contributed by atoms with Crippen molar-refractivity contribution in [2.45, 2.75) is 32.7 Å². The van der Waals surface area contributed by atoms with E-state index >= 15 is 0 Å². The highest BCUT2D eigenvalue weighted by atomic mass is 16.3. The minimum Gasteiger partial charge on any atom is -0.396 e. The van der Waals surface area contributed by atoms with Crippen molar-refractivity contribution in [2.75, 3.05) is 13.2 Å². The summed E-state index contributed by atoms with van der Waals surface area (Å²) >= 11 is 0. The molecule has 0 spiro atoms. The molecule has 1 aromatic rings. The van der Waals surface area contributed by atoms with Gasteiger partial charge in [0, 0.05) is 19.3 Å². The molecule has 1 rings (SSSR count). The fourth-order valence-corrected chi connectivity index (χ4v) is 1.42. The Morgan fingerprint density at radius 3 is 2.89 bits per heavy atom. The minimum atomic E-state index is -0.627. The Morgan fingerprint density at radius 1 is 1.53 bits per heavy atom. The number of hydrogen-bond acceptors (Lipinski definition) is 5. The number of imide groups is 1. The predicted molar refractivity (Wildman–Crippen MR) is 67.4 cm³/mol. The van der Waals surface area contributed by atoms with Gasteiger partial charge in [-0.25, -0.2) is 9.48 Å². The average Bonchev–Trinajstić information content (AvgIpc) is 2.84. The SMILES string of the molecule is CCNC(=O)NC(=O)C(C)n1cc(CCCO)nn1. The third kappa shape index (κ3) is 4.66. The van der Waals surface area contributed by atoms with Crippen LogP contribution in [0.2, 0.25) is 0 Å². The van der Waals surface area contributed by atoms with Gasteiger partial charge in [-0.2, -0.15) is 0 Å². The van der Waals surface area contributed by atoms with E-state index in [0.717, 1.165) is 0 Å². The standard InChI is InChI=1S/C11H19N5O3/c1-3-12-11(19)13-10(18)8(2)16-7-9(14-15-16)5-4-6-17/h7-8,17H,3-6H2,1-2H3,(H2,12,13,18,19). The van der Waals surface area contributed by atoms with Gasteiger partial charge in [-0.3, -0.25) is 10.1 Å². The summed E-state index contributed by atoms with van der Waals surface area (Å²) in [5.41, 5.74) is 0.701. The van der Waals surface area contributed by atoms with Crippen LogP contribution in [0.5, 0.6) is 0 Å². The molecular weight excluding hydrogens is 250 g/mol. The van der Waals surface area contributed by atoms with Crippen LogP contribution < -0.4 is 10.6 Å². The molecule has 0 radical (unpaired) electrons. The molecule has 0 saturated heterocycles. The first-order valence-electron chi connectivity index (χ1n) is 6.18. The van der Waals surface area contributed by atoms with E-state index in [2.05, 4.69) is 20.9 Å². The summed E-state index contributed by atoms with van der Waals surface area (Å²) in [7, 11) is 0. The molecule has 8 nitrogen and oxygen atoms in total. The lowest BCUT2D eigenvalue weighted by atomic mass is 10.2. The van der Waals surface area contributed by atoms with Gasteiger partial charge < -0.3 is 10.4 Å². The van der Waals surface area contributed by atoms with Crippen molar-refractivity contribution in [1.29, 1.82) is 0 Å². The molecule has 0 aliphatic rings. The fraction of sp³-hybridized carbons (Fsp3) is 0.636. The van der Waals surface area contributed by atoms with Crippen molar-refractivity contribution in [2.24, 2.45) is 0 Å². The van der Waals surface area contributed by atoms with E-state index in [0.29, 0.717) is 25.1 Å². The second-order valence-electron chi connectivity index (χ2n) is 4.04. The Kier molecular flexibility index (Phi) is 5.94. The van der Waals surface area contributed by atoms with Crippen LogP contribution in [0.25, 0.3) is 0 Å². The molecule has 8 heteroatoms. The van der Waals surface area contributed by atoms with Gasteiger partial charge in [0.2, 0.25) is 0 Å². The molecule has 0 saturated carbocycles. The number of aliphatic hydroxyl groups is 1. The molecule has 3 amide bonds. The Hall–Kier alpha value is -1.96. The number of amides is 3. The van der Waals surface area contributed by atoms with Gasteiger partial charge in [0.25, 0.3) is 5.91 Å². The third-order valence-corrected chi connectivity index (χ3v) is 2.50. The third-order valence-electron chi connectivity index (χ3n) is 2.50. The molecular formula is C11H19N5O3. The van der Waals surface area contributed by atoms with E-state index in [4.69, 9.17) is 5.11 Å². The van der Waals surface area contributed by atoms with Gasteiger partial charge in [-0.05, 0) is 26.7 Å². The molecule has 0 fully saturated rings. The summed E-state index contributed by atoms with van der Waals surface area (Å²) in [6.45, 7) is 3.92. The number of hydrogen-bond donors (Lipinski definition) is 3. The van der Waals surface area contributed by atoms with Gasteiger partial charge in [0.15, 0.2) is 0 Å². The predicted octanol–water partition coefficient (Wildman–Crippen LogP) is -0.390. The van der Waals surface area contributed by atoms with Gasteiger partial charge in [0.05, 0.1) is 5.69 Å². The van der Waals surface area contributed by atoms with Gasteiger partial charge in [-0.15, -0.1) is 5.10 Å². The quantitative estimate of drug-likeness (QED) is 0.651. The van der Waals surface area contributed by atoms with Gasteiger partial charge >= 0.3 is 6.03 Å². The van der Waals surface area contributed by atoms with E-state index < -0.39 is 18.0 Å². The van der Waals surface area contributed by atoms with Crippen molar-refractivity contribution >= 4 is 11.9 Å². The zero-order chi connectivity index (χ0) is 14.3. The maximum Gasteiger partial charge on any atom is 0.321 e.